The monoisotopic (exact) mass is 229 g/mol. The summed E-state index contributed by atoms with van der Waals surface area (Å²) in [6.45, 7) is 0.292. The first kappa shape index (κ1) is 12.4. The van der Waals surface area contributed by atoms with Gasteiger partial charge in [0, 0.05) is 7.05 Å². The summed E-state index contributed by atoms with van der Waals surface area (Å²) >= 11 is 0. The molecule has 7 heteroatoms. The number of nitrogens with zero attached hydrogens (tertiary/aromatic N) is 3. The zero-order valence-electron chi connectivity index (χ0n) is 9.09. The van der Waals surface area contributed by atoms with E-state index >= 15 is 0 Å². The molecule has 0 aromatic carbocycles. The molecule has 0 saturated carbocycles. The number of nitriles is 1. The summed E-state index contributed by atoms with van der Waals surface area (Å²) in [5.41, 5.74) is 5.68. The van der Waals surface area contributed by atoms with Gasteiger partial charge in [-0.05, 0) is 6.92 Å². The van der Waals surface area contributed by atoms with Crippen LogP contribution in [0.1, 0.15) is 11.3 Å². The summed E-state index contributed by atoms with van der Waals surface area (Å²) in [7, 11) is 1.58. The largest absolute Gasteiger partial charge is 0.363 e. The van der Waals surface area contributed by atoms with E-state index in [0.29, 0.717) is 5.69 Å². The Kier molecular flexibility index (Phi) is 3.44. The van der Waals surface area contributed by atoms with E-state index in [-0.39, 0.29) is 11.4 Å². The number of hydrogen-bond donors (Lipinski definition) is 2. The van der Waals surface area contributed by atoms with Gasteiger partial charge in [-0.15, -0.1) is 0 Å². The summed E-state index contributed by atoms with van der Waals surface area (Å²) < 4.78 is 27.2. The predicted octanol–water partition coefficient (Wildman–Crippen LogP) is 0.606. The molecule has 0 aliphatic rings. The summed E-state index contributed by atoms with van der Waals surface area (Å²) in [6, 6.07) is 1.92. The van der Waals surface area contributed by atoms with Gasteiger partial charge >= 0.3 is 0 Å². The van der Waals surface area contributed by atoms with E-state index in [1.165, 1.54) is 4.68 Å². The second-order valence-electron chi connectivity index (χ2n) is 3.46. The van der Waals surface area contributed by atoms with Gasteiger partial charge in [0.15, 0.2) is 0 Å². The van der Waals surface area contributed by atoms with Crippen molar-refractivity contribution in [2.24, 2.45) is 12.8 Å². The molecule has 0 fully saturated rings. The standard InChI is InChI=1S/C9H13F2N5/c1-6-7(3-12)8(16(2)15-6)14-5-9(10,11)4-13/h14H,4-5,13H2,1-2H3. The van der Waals surface area contributed by atoms with Crippen molar-refractivity contribution in [2.45, 2.75) is 12.8 Å². The molecule has 1 aromatic heterocycles. The quantitative estimate of drug-likeness (QED) is 0.792. The highest BCUT2D eigenvalue weighted by Gasteiger charge is 2.27. The Morgan fingerprint density at radius 3 is 2.75 bits per heavy atom. The van der Waals surface area contributed by atoms with E-state index in [4.69, 9.17) is 11.0 Å². The number of halogens is 2. The van der Waals surface area contributed by atoms with Crippen LogP contribution in [0.15, 0.2) is 0 Å². The molecular weight excluding hydrogens is 216 g/mol. The number of nitrogens with one attached hydrogen (secondary N) is 1. The second-order valence-corrected chi connectivity index (χ2v) is 3.46. The van der Waals surface area contributed by atoms with Gasteiger partial charge in [0.2, 0.25) is 0 Å². The van der Waals surface area contributed by atoms with Crippen molar-refractivity contribution in [1.82, 2.24) is 9.78 Å². The Bertz CT molecular complexity index is 418. The fourth-order valence-corrected chi connectivity index (χ4v) is 1.28. The number of rotatable bonds is 4. The summed E-state index contributed by atoms with van der Waals surface area (Å²) in [5, 5.41) is 15.3. The minimum atomic E-state index is -3.00. The third-order valence-corrected chi connectivity index (χ3v) is 2.15. The van der Waals surface area contributed by atoms with Gasteiger partial charge in [-0.25, -0.2) is 8.78 Å². The maximum atomic E-state index is 12.9. The van der Waals surface area contributed by atoms with Crippen LogP contribution < -0.4 is 11.1 Å². The highest BCUT2D eigenvalue weighted by Crippen LogP contribution is 2.19. The molecule has 5 nitrogen and oxygen atoms in total. The van der Waals surface area contributed by atoms with E-state index in [1.54, 1.807) is 14.0 Å². The summed E-state index contributed by atoms with van der Waals surface area (Å²) in [6.07, 6.45) is 0. The van der Waals surface area contributed by atoms with Crippen LogP contribution in [0.4, 0.5) is 14.6 Å². The normalized spacial score (nSPS) is 11.2. The van der Waals surface area contributed by atoms with Gasteiger partial charge in [-0.2, -0.15) is 10.4 Å². The molecule has 0 radical (unpaired) electrons. The summed E-state index contributed by atoms with van der Waals surface area (Å²) in [4.78, 5) is 0. The lowest BCUT2D eigenvalue weighted by atomic mass is 10.2. The van der Waals surface area contributed by atoms with Gasteiger partial charge in [-0.1, -0.05) is 0 Å². The van der Waals surface area contributed by atoms with Crippen molar-refractivity contribution in [1.29, 1.82) is 5.26 Å². The van der Waals surface area contributed by atoms with E-state index < -0.39 is 19.0 Å². The van der Waals surface area contributed by atoms with E-state index in [1.807, 2.05) is 6.07 Å². The first-order valence-corrected chi connectivity index (χ1v) is 4.66. The topological polar surface area (TPSA) is 79.7 Å². The molecule has 0 aliphatic heterocycles. The average Bonchev–Trinajstić information content (AvgIpc) is 2.50. The Labute approximate surface area is 91.8 Å². The van der Waals surface area contributed by atoms with Crippen LogP contribution in [0, 0.1) is 18.3 Å². The zero-order chi connectivity index (χ0) is 12.3. The molecule has 0 aliphatic carbocycles. The Balaban J connectivity index is 2.86. The fourth-order valence-electron chi connectivity index (χ4n) is 1.28. The van der Waals surface area contributed by atoms with E-state index in [2.05, 4.69) is 10.4 Å². The number of aromatic nitrogens is 2. The first-order chi connectivity index (χ1) is 7.41. The van der Waals surface area contributed by atoms with E-state index in [0.717, 1.165) is 0 Å². The van der Waals surface area contributed by atoms with Gasteiger partial charge in [-0.3, -0.25) is 4.68 Å². The molecule has 88 valence electrons. The number of nitrogens with two attached hydrogens (primary N) is 1. The van der Waals surface area contributed by atoms with Crippen molar-refractivity contribution in [3.05, 3.63) is 11.3 Å². The van der Waals surface area contributed by atoms with Crippen LogP contribution in [-0.4, -0.2) is 28.8 Å². The highest BCUT2D eigenvalue weighted by molar-refractivity contribution is 5.55. The predicted molar refractivity (Wildman–Crippen MR) is 55.2 cm³/mol. The fraction of sp³-hybridized carbons (Fsp3) is 0.556. The molecule has 0 bridgehead atoms. The lowest BCUT2D eigenvalue weighted by Crippen LogP contribution is -2.35. The van der Waals surface area contributed by atoms with Gasteiger partial charge in [0.05, 0.1) is 18.8 Å². The second kappa shape index (κ2) is 4.45. The van der Waals surface area contributed by atoms with Gasteiger partial charge in [0.1, 0.15) is 17.5 Å². The van der Waals surface area contributed by atoms with Crippen molar-refractivity contribution >= 4 is 5.82 Å². The minimum absolute atomic E-state index is 0.273. The Hall–Kier alpha value is -1.68. The van der Waals surface area contributed by atoms with Crippen molar-refractivity contribution in [3.63, 3.8) is 0 Å². The number of anilines is 1. The van der Waals surface area contributed by atoms with Crippen LogP contribution in [0.3, 0.4) is 0 Å². The maximum absolute atomic E-state index is 12.9. The third-order valence-electron chi connectivity index (χ3n) is 2.15. The lowest BCUT2D eigenvalue weighted by Gasteiger charge is -2.15. The molecule has 0 amide bonds. The molecule has 0 spiro atoms. The molecule has 3 N–H and O–H groups in total. The van der Waals surface area contributed by atoms with Crippen LogP contribution in [0.25, 0.3) is 0 Å². The van der Waals surface area contributed by atoms with Crippen LogP contribution in [0.2, 0.25) is 0 Å². The average molecular weight is 229 g/mol. The van der Waals surface area contributed by atoms with Gasteiger partial charge < -0.3 is 11.1 Å². The first-order valence-electron chi connectivity index (χ1n) is 4.66. The SMILES string of the molecule is Cc1nn(C)c(NCC(F)(F)CN)c1C#N. The number of aryl methyl sites for hydroxylation is 2. The van der Waals surface area contributed by atoms with Crippen LogP contribution >= 0.6 is 0 Å². The molecule has 1 heterocycles. The van der Waals surface area contributed by atoms with Gasteiger partial charge in [0.25, 0.3) is 5.92 Å². The lowest BCUT2D eigenvalue weighted by molar-refractivity contribution is 0.0252. The maximum Gasteiger partial charge on any atom is 0.276 e. The van der Waals surface area contributed by atoms with Crippen LogP contribution in [0.5, 0.6) is 0 Å². The third kappa shape index (κ3) is 2.46. The smallest absolute Gasteiger partial charge is 0.276 e. The molecular formula is C9H13F2N5. The summed E-state index contributed by atoms with van der Waals surface area (Å²) in [5.74, 6) is -2.71. The van der Waals surface area contributed by atoms with Crippen molar-refractivity contribution < 1.29 is 8.78 Å². The molecule has 0 unspecified atom stereocenters. The van der Waals surface area contributed by atoms with Crippen LogP contribution in [-0.2, 0) is 7.05 Å². The zero-order valence-corrected chi connectivity index (χ0v) is 9.09. The molecule has 0 atom stereocenters. The molecule has 16 heavy (non-hydrogen) atoms. The van der Waals surface area contributed by atoms with Crippen molar-refractivity contribution in [2.75, 3.05) is 18.4 Å². The Morgan fingerprint density at radius 1 is 1.62 bits per heavy atom. The number of alkyl halides is 2. The van der Waals surface area contributed by atoms with E-state index in [9.17, 15) is 8.78 Å². The molecule has 1 rings (SSSR count). The number of hydrogen-bond acceptors (Lipinski definition) is 4. The highest BCUT2D eigenvalue weighted by atomic mass is 19.3. The minimum Gasteiger partial charge on any atom is -0.363 e. The Morgan fingerprint density at radius 2 is 2.25 bits per heavy atom. The molecule has 1 aromatic rings. The van der Waals surface area contributed by atoms with Crippen molar-refractivity contribution in [3.8, 4) is 6.07 Å². The molecule has 0 saturated heterocycles.